The van der Waals surface area contributed by atoms with Crippen LogP contribution in [0.4, 0.5) is 0 Å². The molecule has 0 fully saturated rings. The molecule has 0 aliphatic rings. The van der Waals surface area contributed by atoms with Gasteiger partial charge in [-0.25, -0.2) is 13.2 Å². The maximum absolute atomic E-state index is 11.3. The maximum atomic E-state index is 11.3. The van der Waals surface area contributed by atoms with E-state index in [0.29, 0.717) is 0 Å². The summed E-state index contributed by atoms with van der Waals surface area (Å²) in [5.41, 5.74) is -1.01. The number of hydrogen-bond donors (Lipinski definition) is 1. The summed E-state index contributed by atoms with van der Waals surface area (Å²) in [5.74, 6) is -0.0578. The van der Waals surface area contributed by atoms with Gasteiger partial charge < -0.3 is 4.98 Å². The highest BCUT2D eigenvalue weighted by Gasteiger charge is 2.26. The predicted molar refractivity (Wildman–Crippen MR) is 54.1 cm³/mol. The van der Waals surface area contributed by atoms with Crippen LogP contribution in [0.1, 0.15) is 13.8 Å². The Labute approximate surface area is 82.7 Å². The molecule has 1 N–H and O–H groups in total. The first-order chi connectivity index (χ1) is 6.22. The standard InChI is InChI=1S/C8H14N2O3S/c1-8(2,6-14(3,12)13)10-5-4-9-7(10)11/h4-5H,6H2,1-3H3,(H,9,11). The number of rotatable bonds is 3. The van der Waals surface area contributed by atoms with Gasteiger partial charge in [-0.15, -0.1) is 0 Å². The van der Waals surface area contributed by atoms with E-state index in [1.807, 2.05) is 0 Å². The van der Waals surface area contributed by atoms with Gasteiger partial charge in [0.2, 0.25) is 0 Å². The van der Waals surface area contributed by atoms with Gasteiger partial charge in [-0.2, -0.15) is 0 Å². The molecule has 0 saturated heterocycles. The number of aromatic amines is 1. The lowest BCUT2D eigenvalue weighted by atomic mass is 10.1. The van der Waals surface area contributed by atoms with Crippen LogP contribution in [0.2, 0.25) is 0 Å². The lowest BCUT2D eigenvalue weighted by Crippen LogP contribution is -2.39. The normalized spacial score (nSPS) is 13.1. The smallest absolute Gasteiger partial charge is 0.313 e. The third kappa shape index (κ3) is 2.47. The van der Waals surface area contributed by atoms with Gasteiger partial charge in [0.05, 0.1) is 11.3 Å². The van der Waals surface area contributed by atoms with E-state index in [9.17, 15) is 13.2 Å². The van der Waals surface area contributed by atoms with Gasteiger partial charge in [0.1, 0.15) is 9.84 Å². The minimum atomic E-state index is -3.10. The first-order valence-electron chi connectivity index (χ1n) is 4.17. The summed E-state index contributed by atoms with van der Waals surface area (Å²) in [4.78, 5) is 13.7. The summed E-state index contributed by atoms with van der Waals surface area (Å²) in [6.07, 6.45) is 4.20. The Morgan fingerprint density at radius 3 is 2.43 bits per heavy atom. The molecule has 80 valence electrons. The fourth-order valence-corrected chi connectivity index (χ4v) is 2.93. The zero-order valence-electron chi connectivity index (χ0n) is 8.44. The highest BCUT2D eigenvalue weighted by molar-refractivity contribution is 7.90. The average Bonchev–Trinajstić information content (AvgIpc) is 2.29. The summed E-state index contributed by atoms with van der Waals surface area (Å²) in [7, 11) is -3.10. The van der Waals surface area contributed by atoms with Crippen LogP contribution in [0.5, 0.6) is 0 Å². The van der Waals surface area contributed by atoms with Crippen LogP contribution in [-0.2, 0) is 15.4 Å². The lowest BCUT2D eigenvalue weighted by molar-refractivity contribution is 0.386. The van der Waals surface area contributed by atoms with Crippen molar-refractivity contribution in [2.24, 2.45) is 0 Å². The molecule has 1 heterocycles. The Bertz CT molecular complexity index is 467. The van der Waals surface area contributed by atoms with Gasteiger partial charge in [0.15, 0.2) is 0 Å². The van der Waals surface area contributed by atoms with Crippen molar-refractivity contribution in [1.82, 2.24) is 9.55 Å². The number of aromatic nitrogens is 2. The second-order valence-corrected chi connectivity index (χ2v) is 6.16. The van der Waals surface area contributed by atoms with Crippen molar-refractivity contribution < 1.29 is 8.42 Å². The van der Waals surface area contributed by atoms with E-state index in [0.717, 1.165) is 6.26 Å². The van der Waals surface area contributed by atoms with Crippen LogP contribution >= 0.6 is 0 Å². The lowest BCUT2D eigenvalue weighted by Gasteiger charge is -2.24. The number of sulfone groups is 1. The summed E-state index contributed by atoms with van der Waals surface area (Å²) in [6.45, 7) is 3.42. The van der Waals surface area contributed by atoms with E-state index in [4.69, 9.17) is 0 Å². The van der Waals surface area contributed by atoms with Crippen molar-refractivity contribution in [3.8, 4) is 0 Å². The first-order valence-corrected chi connectivity index (χ1v) is 6.23. The third-order valence-corrected chi connectivity index (χ3v) is 3.15. The van der Waals surface area contributed by atoms with Crippen LogP contribution in [0, 0.1) is 0 Å². The largest absolute Gasteiger partial charge is 0.326 e. The molecule has 0 saturated carbocycles. The average molecular weight is 218 g/mol. The quantitative estimate of drug-likeness (QED) is 0.773. The molecule has 0 amide bonds. The Hall–Kier alpha value is -1.04. The van der Waals surface area contributed by atoms with Gasteiger partial charge in [0, 0.05) is 18.6 Å². The van der Waals surface area contributed by atoms with Crippen LogP contribution in [0.25, 0.3) is 0 Å². The molecule has 0 spiro atoms. The minimum Gasteiger partial charge on any atom is -0.313 e. The number of nitrogens with zero attached hydrogens (tertiary/aromatic N) is 1. The van der Waals surface area contributed by atoms with Gasteiger partial charge >= 0.3 is 5.69 Å². The zero-order chi connectivity index (χ0) is 11.0. The minimum absolute atomic E-state index is 0.0578. The second kappa shape index (κ2) is 3.27. The third-order valence-electron chi connectivity index (χ3n) is 1.92. The van der Waals surface area contributed by atoms with Crippen LogP contribution in [0.15, 0.2) is 17.2 Å². The van der Waals surface area contributed by atoms with Crippen molar-refractivity contribution in [2.75, 3.05) is 12.0 Å². The highest BCUT2D eigenvalue weighted by Crippen LogP contribution is 2.14. The molecule has 0 atom stereocenters. The molecule has 5 nitrogen and oxygen atoms in total. The Balaban J connectivity index is 3.09. The van der Waals surface area contributed by atoms with E-state index in [2.05, 4.69) is 4.98 Å². The summed E-state index contributed by atoms with van der Waals surface area (Å²) in [6, 6.07) is 0. The number of hydrogen-bond acceptors (Lipinski definition) is 3. The monoisotopic (exact) mass is 218 g/mol. The molecular weight excluding hydrogens is 204 g/mol. The predicted octanol–water partition coefficient (Wildman–Crippen LogP) is -0.0439. The molecule has 6 heteroatoms. The van der Waals surface area contributed by atoms with E-state index >= 15 is 0 Å². The molecule has 1 rings (SSSR count). The first kappa shape index (κ1) is 11.0. The molecule has 14 heavy (non-hydrogen) atoms. The molecule has 0 aromatic carbocycles. The van der Waals surface area contributed by atoms with Gasteiger partial charge in [-0.05, 0) is 13.8 Å². The highest BCUT2D eigenvalue weighted by atomic mass is 32.2. The van der Waals surface area contributed by atoms with Crippen LogP contribution in [-0.4, -0.2) is 30.0 Å². The topological polar surface area (TPSA) is 71.9 Å². The van der Waals surface area contributed by atoms with E-state index in [1.54, 1.807) is 20.0 Å². The van der Waals surface area contributed by atoms with Crippen molar-refractivity contribution in [2.45, 2.75) is 19.4 Å². The van der Waals surface area contributed by atoms with Crippen molar-refractivity contribution in [3.05, 3.63) is 22.9 Å². The fourth-order valence-electron chi connectivity index (χ4n) is 1.51. The molecule has 1 aromatic heterocycles. The Morgan fingerprint density at radius 1 is 1.50 bits per heavy atom. The van der Waals surface area contributed by atoms with Crippen LogP contribution in [0.3, 0.4) is 0 Å². The molecule has 0 aliphatic carbocycles. The number of nitrogens with one attached hydrogen (secondary N) is 1. The molecule has 0 unspecified atom stereocenters. The second-order valence-electron chi connectivity index (χ2n) is 4.02. The SMILES string of the molecule is CC(C)(CS(C)(=O)=O)n1cc[nH]c1=O. The van der Waals surface area contributed by atoms with Crippen molar-refractivity contribution >= 4 is 9.84 Å². The van der Waals surface area contributed by atoms with Crippen LogP contribution < -0.4 is 5.69 Å². The fraction of sp³-hybridized carbons (Fsp3) is 0.625. The maximum Gasteiger partial charge on any atom is 0.326 e. The van der Waals surface area contributed by atoms with Gasteiger partial charge in [-0.3, -0.25) is 4.57 Å². The van der Waals surface area contributed by atoms with Gasteiger partial charge in [-0.1, -0.05) is 0 Å². The molecule has 1 aromatic rings. The van der Waals surface area contributed by atoms with E-state index in [-0.39, 0.29) is 11.4 Å². The van der Waals surface area contributed by atoms with Crippen molar-refractivity contribution in [3.63, 3.8) is 0 Å². The zero-order valence-corrected chi connectivity index (χ0v) is 9.26. The number of H-pyrrole nitrogens is 1. The molecule has 0 aliphatic heterocycles. The Morgan fingerprint density at radius 2 is 2.07 bits per heavy atom. The molecule has 0 bridgehead atoms. The van der Waals surface area contributed by atoms with E-state index in [1.165, 1.54) is 10.8 Å². The van der Waals surface area contributed by atoms with Gasteiger partial charge in [0.25, 0.3) is 0 Å². The Kier molecular flexibility index (Phi) is 2.58. The van der Waals surface area contributed by atoms with E-state index < -0.39 is 15.4 Å². The molecule has 0 radical (unpaired) electrons. The van der Waals surface area contributed by atoms with Crippen molar-refractivity contribution in [1.29, 1.82) is 0 Å². The summed E-state index contributed by atoms with van der Waals surface area (Å²) in [5, 5.41) is 0. The number of imidazole rings is 1. The summed E-state index contributed by atoms with van der Waals surface area (Å²) < 4.78 is 23.6. The molecular formula is C8H14N2O3S. The summed E-state index contributed by atoms with van der Waals surface area (Å²) >= 11 is 0.